The Morgan fingerprint density at radius 1 is 1.17 bits per heavy atom. The van der Waals surface area contributed by atoms with Crippen LogP contribution in [0.4, 0.5) is 18.0 Å². The molecule has 2 aromatic rings. The van der Waals surface area contributed by atoms with Gasteiger partial charge in [-0.3, -0.25) is 4.98 Å². The number of hydrogen-bond acceptors (Lipinski definition) is 3. The van der Waals surface area contributed by atoms with Crippen molar-refractivity contribution in [2.45, 2.75) is 12.8 Å². The van der Waals surface area contributed by atoms with Gasteiger partial charge in [0.15, 0.2) is 5.69 Å². The molecule has 0 bridgehead atoms. The van der Waals surface area contributed by atoms with Crippen LogP contribution in [-0.2, 0) is 17.5 Å². The minimum Gasteiger partial charge on any atom is -0.445 e. The second-order valence-corrected chi connectivity index (χ2v) is 4.78. The van der Waals surface area contributed by atoms with Gasteiger partial charge in [0.25, 0.3) is 0 Å². The van der Waals surface area contributed by atoms with Gasteiger partial charge in [-0.1, -0.05) is 48.6 Å². The Labute approximate surface area is 137 Å². The average molecular weight is 336 g/mol. The third kappa shape index (κ3) is 5.42. The van der Waals surface area contributed by atoms with Crippen molar-refractivity contribution in [3.05, 3.63) is 71.6 Å². The molecule has 1 amide bonds. The summed E-state index contributed by atoms with van der Waals surface area (Å²) in [5, 5.41) is 2.43. The van der Waals surface area contributed by atoms with Crippen molar-refractivity contribution in [3.8, 4) is 0 Å². The molecule has 0 aliphatic rings. The summed E-state index contributed by atoms with van der Waals surface area (Å²) in [6.07, 6.45) is -1.43. The van der Waals surface area contributed by atoms with E-state index in [1.807, 2.05) is 30.3 Å². The fourth-order valence-corrected chi connectivity index (χ4v) is 1.89. The number of benzene rings is 1. The summed E-state index contributed by atoms with van der Waals surface area (Å²) in [6, 6.07) is 11.8. The zero-order valence-corrected chi connectivity index (χ0v) is 12.6. The molecule has 2 rings (SSSR count). The number of alkyl halides is 3. The molecule has 0 saturated heterocycles. The number of nitrogens with zero attached hydrogens (tertiary/aromatic N) is 1. The number of alkyl carbamates (subject to hydrolysis) is 1. The first-order chi connectivity index (χ1) is 11.5. The predicted molar refractivity (Wildman–Crippen MR) is 82.9 cm³/mol. The molecular weight excluding hydrogens is 321 g/mol. The highest BCUT2D eigenvalue weighted by molar-refractivity contribution is 5.67. The first-order valence-electron chi connectivity index (χ1n) is 7.10. The molecule has 0 atom stereocenters. The zero-order valence-electron chi connectivity index (χ0n) is 12.6. The first-order valence-corrected chi connectivity index (χ1v) is 7.10. The van der Waals surface area contributed by atoms with Crippen molar-refractivity contribution in [2.75, 3.05) is 6.54 Å². The highest BCUT2D eigenvalue weighted by Gasteiger charge is 2.34. The maximum absolute atomic E-state index is 12.8. The Balaban J connectivity index is 1.82. The van der Waals surface area contributed by atoms with E-state index >= 15 is 0 Å². The predicted octanol–water partition coefficient (Wildman–Crippen LogP) is 4.04. The van der Waals surface area contributed by atoms with Gasteiger partial charge in [-0.2, -0.15) is 13.2 Å². The molecule has 0 aliphatic heterocycles. The van der Waals surface area contributed by atoms with Crippen molar-refractivity contribution < 1.29 is 22.7 Å². The van der Waals surface area contributed by atoms with Crippen LogP contribution in [0.15, 0.2) is 54.7 Å². The first kappa shape index (κ1) is 17.5. The van der Waals surface area contributed by atoms with Crippen molar-refractivity contribution in [1.82, 2.24) is 10.3 Å². The molecule has 1 N–H and O–H groups in total. The van der Waals surface area contributed by atoms with Gasteiger partial charge < -0.3 is 10.1 Å². The second kappa shape index (κ2) is 8.14. The summed E-state index contributed by atoms with van der Waals surface area (Å²) in [6.45, 7) is 0.164. The molecule has 0 radical (unpaired) electrons. The van der Waals surface area contributed by atoms with Gasteiger partial charge in [-0.25, -0.2) is 4.79 Å². The second-order valence-electron chi connectivity index (χ2n) is 4.78. The van der Waals surface area contributed by atoms with Crippen LogP contribution < -0.4 is 5.32 Å². The maximum atomic E-state index is 12.8. The molecule has 1 heterocycles. The monoisotopic (exact) mass is 336 g/mol. The Bertz CT molecular complexity index is 700. The Morgan fingerprint density at radius 2 is 1.92 bits per heavy atom. The number of carbonyl (C=O) groups excluding carboxylic acids is 1. The molecule has 1 aromatic heterocycles. The number of amides is 1. The minimum absolute atomic E-state index is 0.0415. The molecule has 0 aliphatic carbocycles. The van der Waals surface area contributed by atoms with Gasteiger partial charge in [-0.05, 0) is 11.6 Å². The van der Waals surface area contributed by atoms with Crippen LogP contribution in [-0.4, -0.2) is 17.6 Å². The van der Waals surface area contributed by atoms with Crippen molar-refractivity contribution >= 4 is 12.2 Å². The molecular formula is C17H15F3N2O2. The van der Waals surface area contributed by atoms with Crippen molar-refractivity contribution in [2.24, 2.45) is 0 Å². The molecule has 126 valence electrons. The van der Waals surface area contributed by atoms with Crippen LogP contribution in [0, 0.1) is 0 Å². The lowest BCUT2D eigenvalue weighted by Gasteiger charge is -2.08. The molecule has 4 nitrogen and oxygen atoms in total. The normalized spacial score (nSPS) is 11.5. The third-order valence-corrected chi connectivity index (χ3v) is 2.98. The van der Waals surface area contributed by atoms with E-state index in [1.54, 1.807) is 0 Å². The van der Waals surface area contributed by atoms with Crippen LogP contribution in [0.2, 0.25) is 0 Å². The van der Waals surface area contributed by atoms with Gasteiger partial charge in [-0.15, -0.1) is 0 Å². The number of nitrogens with one attached hydrogen (secondary N) is 1. The third-order valence-electron chi connectivity index (χ3n) is 2.98. The summed E-state index contributed by atoms with van der Waals surface area (Å²) >= 11 is 0. The molecule has 1 aromatic carbocycles. The van der Waals surface area contributed by atoms with Crippen LogP contribution in [0.1, 0.15) is 16.8 Å². The Kier molecular flexibility index (Phi) is 5.95. The molecule has 7 heteroatoms. The summed E-state index contributed by atoms with van der Waals surface area (Å²) in [4.78, 5) is 14.8. The molecule has 0 unspecified atom stereocenters. The Hall–Kier alpha value is -2.83. The number of ether oxygens (including phenoxy) is 1. The van der Waals surface area contributed by atoms with Crippen LogP contribution in [0.5, 0.6) is 0 Å². The molecule has 24 heavy (non-hydrogen) atoms. The molecule has 0 saturated carbocycles. The van der Waals surface area contributed by atoms with Crippen molar-refractivity contribution in [1.29, 1.82) is 0 Å². The fourth-order valence-electron chi connectivity index (χ4n) is 1.89. The van der Waals surface area contributed by atoms with E-state index in [4.69, 9.17) is 4.74 Å². The van der Waals surface area contributed by atoms with Crippen molar-refractivity contribution in [3.63, 3.8) is 0 Å². The number of rotatable bonds is 5. The lowest BCUT2D eigenvalue weighted by atomic mass is 10.1. The van der Waals surface area contributed by atoms with Crippen LogP contribution in [0.25, 0.3) is 6.08 Å². The standard InChI is InChI=1S/C17H15F3N2O2/c18-17(19,20)15-14(8-4-10-21-15)9-5-11-22-16(23)24-12-13-6-2-1-3-7-13/h1-10H,11-12H2,(H,22,23). The molecule has 0 spiro atoms. The summed E-state index contributed by atoms with van der Waals surface area (Å²) in [5.41, 5.74) is -0.189. The lowest BCUT2D eigenvalue weighted by molar-refractivity contribution is -0.141. The van der Waals surface area contributed by atoms with E-state index in [0.717, 1.165) is 11.8 Å². The van der Waals surface area contributed by atoms with Crippen LogP contribution >= 0.6 is 0 Å². The number of halogens is 3. The number of aromatic nitrogens is 1. The van der Waals surface area contributed by atoms with E-state index in [2.05, 4.69) is 10.3 Å². The highest BCUT2D eigenvalue weighted by Crippen LogP contribution is 2.30. The van der Waals surface area contributed by atoms with Gasteiger partial charge in [0.05, 0.1) is 0 Å². The van der Waals surface area contributed by atoms with E-state index in [-0.39, 0.29) is 18.7 Å². The van der Waals surface area contributed by atoms with E-state index in [1.165, 1.54) is 24.3 Å². The van der Waals surface area contributed by atoms with E-state index in [9.17, 15) is 18.0 Å². The maximum Gasteiger partial charge on any atom is 0.433 e. The van der Waals surface area contributed by atoms with Gasteiger partial charge >= 0.3 is 12.3 Å². The Morgan fingerprint density at radius 3 is 2.62 bits per heavy atom. The lowest BCUT2D eigenvalue weighted by Crippen LogP contribution is -2.24. The van der Waals surface area contributed by atoms with Gasteiger partial charge in [0.1, 0.15) is 6.61 Å². The zero-order chi connectivity index (χ0) is 17.4. The van der Waals surface area contributed by atoms with Gasteiger partial charge in [0, 0.05) is 18.3 Å². The topological polar surface area (TPSA) is 51.2 Å². The SMILES string of the molecule is O=C(NCC=Cc1cccnc1C(F)(F)F)OCc1ccccc1. The smallest absolute Gasteiger partial charge is 0.433 e. The van der Waals surface area contributed by atoms with Gasteiger partial charge in [0.2, 0.25) is 0 Å². The molecule has 0 fully saturated rings. The average Bonchev–Trinajstić information content (AvgIpc) is 2.57. The number of hydrogen-bond donors (Lipinski definition) is 1. The van der Waals surface area contributed by atoms with E-state index in [0.29, 0.717) is 0 Å². The van der Waals surface area contributed by atoms with Crippen LogP contribution in [0.3, 0.4) is 0 Å². The largest absolute Gasteiger partial charge is 0.445 e. The minimum atomic E-state index is -4.52. The fraction of sp³-hybridized carbons (Fsp3) is 0.176. The summed E-state index contributed by atoms with van der Waals surface area (Å²) in [7, 11) is 0. The van der Waals surface area contributed by atoms with E-state index < -0.39 is 18.0 Å². The number of carbonyl (C=O) groups is 1. The number of pyridine rings is 1. The summed E-state index contributed by atoms with van der Waals surface area (Å²) < 4.78 is 43.3. The highest BCUT2D eigenvalue weighted by atomic mass is 19.4. The quantitative estimate of drug-likeness (QED) is 0.896. The summed E-state index contributed by atoms with van der Waals surface area (Å²) in [5.74, 6) is 0.